The van der Waals surface area contributed by atoms with Crippen molar-refractivity contribution < 1.29 is 14.3 Å². The lowest BCUT2D eigenvalue weighted by Gasteiger charge is -2.36. The first-order valence-corrected chi connectivity index (χ1v) is 9.29. The van der Waals surface area contributed by atoms with Crippen molar-refractivity contribution in [2.75, 3.05) is 50.8 Å². The van der Waals surface area contributed by atoms with Crippen molar-refractivity contribution >= 4 is 29.1 Å². The zero-order valence-corrected chi connectivity index (χ0v) is 15.5. The van der Waals surface area contributed by atoms with Crippen molar-refractivity contribution in [1.82, 2.24) is 10.2 Å². The Kier molecular flexibility index (Phi) is 6.01. The highest BCUT2D eigenvalue weighted by molar-refractivity contribution is 6.30. The molecule has 0 saturated carbocycles. The zero-order chi connectivity index (χ0) is 18.6. The summed E-state index contributed by atoms with van der Waals surface area (Å²) >= 11 is 6.04. The van der Waals surface area contributed by atoms with Crippen LogP contribution in [0.1, 0.15) is 12.8 Å². The Morgan fingerprint density at radius 1 is 1.19 bits per heavy atom. The number of carbonyl (C=O) groups is 2. The van der Waals surface area contributed by atoms with Crippen molar-refractivity contribution in [3.8, 4) is 0 Å². The van der Waals surface area contributed by atoms with Gasteiger partial charge in [-0.05, 0) is 31.0 Å². The number of nitrogens with two attached hydrogens (primary N) is 1. The number of nitrogens with zero attached hydrogens (tertiary/aromatic N) is 2. The maximum atomic E-state index is 12.4. The van der Waals surface area contributed by atoms with E-state index in [9.17, 15) is 9.59 Å². The summed E-state index contributed by atoms with van der Waals surface area (Å²) in [6, 6.07) is 7.70. The average Bonchev–Trinajstić information content (AvgIpc) is 2.66. The lowest BCUT2D eigenvalue weighted by molar-refractivity contribution is -0.135. The van der Waals surface area contributed by atoms with Crippen LogP contribution in [0.3, 0.4) is 0 Å². The van der Waals surface area contributed by atoms with Crippen LogP contribution in [0.25, 0.3) is 0 Å². The van der Waals surface area contributed by atoms with E-state index in [4.69, 9.17) is 22.1 Å². The van der Waals surface area contributed by atoms with Crippen LogP contribution >= 0.6 is 11.6 Å². The highest BCUT2D eigenvalue weighted by atomic mass is 35.5. The number of ether oxygens (including phenoxy) is 1. The first-order chi connectivity index (χ1) is 12.5. The Morgan fingerprint density at radius 3 is 2.54 bits per heavy atom. The SMILES string of the molecule is NC1(C(=O)NCC(=O)N2CCN(c3cccc(Cl)c3)CC2)CCOCC1. The van der Waals surface area contributed by atoms with Gasteiger partial charge in [-0.25, -0.2) is 0 Å². The molecule has 2 fully saturated rings. The number of hydrogen-bond acceptors (Lipinski definition) is 5. The minimum absolute atomic E-state index is 0.0180. The molecule has 0 radical (unpaired) electrons. The van der Waals surface area contributed by atoms with Gasteiger partial charge in [-0.2, -0.15) is 0 Å². The predicted molar refractivity (Wildman–Crippen MR) is 100 cm³/mol. The molecule has 1 aromatic carbocycles. The van der Waals surface area contributed by atoms with Crippen molar-refractivity contribution in [3.05, 3.63) is 29.3 Å². The second kappa shape index (κ2) is 8.24. The lowest BCUT2D eigenvalue weighted by atomic mass is 9.90. The summed E-state index contributed by atoms with van der Waals surface area (Å²) in [6.07, 6.45) is 0.955. The van der Waals surface area contributed by atoms with Crippen LogP contribution in [0.5, 0.6) is 0 Å². The number of anilines is 1. The van der Waals surface area contributed by atoms with E-state index in [0.29, 0.717) is 44.2 Å². The second-order valence-electron chi connectivity index (χ2n) is 6.80. The van der Waals surface area contributed by atoms with Crippen molar-refractivity contribution in [2.45, 2.75) is 18.4 Å². The number of amides is 2. The molecule has 2 aliphatic heterocycles. The van der Waals surface area contributed by atoms with Crippen LogP contribution in [-0.2, 0) is 14.3 Å². The molecule has 8 heteroatoms. The molecule has 0 aliphatic carbocycles. The highest BCUT2D eigenvalue weighted by Gasteiger charge is 2.36. The van der Waals surface area contributed by atoms with E-state index in [1.807, 2.05) is 24.3 Å². The molecule has 2 heterocycles. The number of piperazine rings is 1. The van der Waals surface area contributed by atoms with Crippen LogP contribution in [0.4, 0.5) is 5.69 Å². The van der Waals surface area contributed by atoms with Gasteiger partial charge in [0.1, 0.15) is 0 Å². The molecule has 0 spiro atoms. The molecule has 26 heavy (non-hydrogen) atoms. The number of benzene rings is 1. The van der Waals surface area contributed by atoms with Gasteiger partial charge in [-0.3, -0.25) is 9.59 Å². The molecule has 2 saturated heterocycles. The Labute approximate surface area is 158 Å². The van der Waals surface area contributed by atoms with Crippen LogP contribution in [0.2, 0.25) is 5.02 Å². The minimum atomic E-state index is -0.927. The Hall–Kier alpha value is -1.83. The van der Waals surface area contributed by atoms with E-state index in [-0.39, 0.29) is 18.4 Å². The summed E-state index contributed by atoms with van der Waals surface area (Å²) in [5, 5.41) is 3.40. The van der Waals surface area contributed by atoms with Gasteiger partial charge in [0.15, 0.2) is 0 Å². The summed E-state index contributed by atoms with van der Waals surface area (Å²) in [4.78, 5) is 28.7. The minimum Gasteiger partial charge on any atom is -0.381 e. The van der Waals surface area contributed by atoms with E-state index in [1.165, 1.54) is 0 Å². The first-order valence-electron chi connectivity index (χ1n) is 8.91. The number of hydrogen-bond donors (Lipinski definition) is 2. The molecule has 0 bridgehead atoms. The summed E-state index contributed by atoms with van der Waals surface area (Å²) in [6.45, 7) is 3.63. The average molecular weight is 381 g/mol. The fourth-order valence-corrected chi connectivity index (χ4v) is 3.48. The Bertz CT molecular complexity index is 656. The Balaban J connectivity index is 1.45. The number of halogens is 1. The number of rotatable bonds is 4. The summed E-state index contributed by atoms with van der Waals surface area (Å²) in [5.41, 5.74) is 6.26. The molecule has 2 aliphatic rings. The molecule has 7 nitrogen and oxygen atoms in total. The number of carbonyl (C=O) groups excluding carboxylic acids is 2. The summed E-state index contributed by atoms with van der Waals surface area (Å²) < 4.78 is 5.24. The van der Waals surface area contributed by atoms with E-state index < -0.39 is 5.54 Å². The third kappa shape index (κ3) is 4.47. The molecule has 0 aromatic heterocycles. The van der Waals surface area contributed by atoms with Gasteiger partial charge >= 0.3 is 0 Å². The molecule has 0 unspecified atom stereocenters. The van der Waals surface area contributed by atoms with E-state index in [2.05, 4.69) is 10.2 Å². The molecule has 3 N–H and O–H groups in total. The molecular weight excluding hydrogens is 356 g/mol. The maximum absolute atomic E-state index is 12.4. The van der Waals surface area contributed by atoms with E-state index >= 15 is 0 Å². The summed E-state index contributed by atoms with van der Waals surface area (Å²) in [5.74, 6) is -0.355. The van der Waals surface area contributed by atoms with Crippen molar-refractivity contribution in [1.29, 1.82) is 0 Å². The van der Waals surface area contributed by atoms with Gasteiger partial charge < -0.3 is 25.6 Å². The van der Waals surface area contributed by atoms with Gasteiger partial charge in [0.2, 0.25) is 11.8 Å². The number of nitrogens with one attached hydrogen (secondary N) is 1. The van der Waals surface area contributed by atoms with E-state index in [1.54, 1.807) is 4.90 Å². The second-order valence-corrected chi connectivity index (χ2v) is 7.24. The quantitative estimate of drug-likeness (QED) is 0.799. The Morgan fingerprint density at radius 2 is 1.88 bits per heavy atom. The lowest BCUT2D eigenvalue weighted by Crippen LogP contribution is -2.58. The first kappa shape index (κ1) is 18.9. The monoisotopic (exact) mass is 380 g/mol. The fraction of sp³-hybridized carbons (Fsp3) is 0.556. The van der Waals surface area contributed by atoms with Gasteiger partial charge in [-0.1, -0.05) is 17.7 Å². The van der Waals surface area contributed by atoms with Crippen molar-refractivity contribution in [2.24, 2.45) is 5.73 Å². The molecule has 0 atom stereocenters. The van der Waals surface area contributed by atoms with Gasteiger partial charge in [0, 0.05) is 50.1 Å². The van der Waals surface area contributed by atoms with Gasteiger partial charge in [0.05, 0.1) is 12.1 Å². The zero-order valence-electron chi connectivity index (χ0n) is 14.7. The molecular formula is C18H25ClN4O3. The predicted octanol–water partition coefficient (Wildman–Crippen LogP) is 0.613. The van der Waals surface area contributed by atoms with Crippen molar-refractivity contribution in [3.63, 3.8) is 0 Å². The van der Waals surface area contributed by atoms with Crippen LogP contribution in [0.15, 0.2) is 24.3 Å². The highest BCUT2D eigenvalue weighted by Crippen LogP contribution is 2.21. The molecule has 3 rings (SSSR count). The largest absolute Gasteiger partial charge is 0.381 e. The maximum Gasteiger partial charge on any atom is 0.242 e. The standard InChI is InChI=1S/C18H25ClN4O3/c19-14-2-1-3-15(12-14)22-6-8-23(9-7-22)16(24)13-21-17(25)18(20)4-10-26-11-5-18/h1-3,12H,4-11,13,20H2,(H,21,25). The topological polar surface area (TPSA) is 87.9 Å². The fourth-order valence-electron chi connectivity index (χ4n) is 3.29. The smallest absolute Gasteiger partial charge is 0.242 e. The van der Waals surface area contributed by atoms with Crippen LogP contribution in [-0.4, -0.2) is 68.2 Å². The van der Waals surface area contributed by atoms with Crippen LogP contribution < -0.4 is 16.0 Å². The third-order valence-electron chi connectivity index (χ3n) is 5.04. The van der Waals surface area contributed by atoms with Crippen LogP contribution in [0, 0.1) is 0 Å². The van der Waals surface area contributed by atoms with E-state index in [0.717, 1.165) is 18.8 Å². The molecule has 1 aromatic rings. The summed E-state index contributed by atoms with van der Waals surface area (Å²) in [7, 11) is 0. The van der Waals surface area contributed by atoms with Gasteiger partial charge in [-0.15, -0.1) is 0 Å². The molecule has 2 amide bonds. The third-order valence-corrected chi connectivity index (χ3v) is 5.28. The molecule has 142 valence electrons. The normalized spacial score (nSPS) is 19.9. The van der Waals surface area contributed by atoms with Gasteiger partial charge in [0.25, 0.3) is 0 Å².